The maximum Gasteiger partial charge on any atom is 0.419 e. The number of hydrogen-bond acceptors (Lipinski definition) is 6. The highest BCUT2D eigenvalue weighted by Crippen LogP contribution is 2.39. The number of aromatic nitrogens is 2. The Morgan fingerprint density at radius 3 is 2.48 bits per heavy atom. The second kappa shape index (κ2) is 9.23. The Hall–Kier alpha value is -2.65. The Morgan fingerprint density at radius 1 is 1.10 bits per heavy atom. The second-order valence-electron chi connectivity index (χ2n) is 8.14. The van der Waals surface area contributed by atoms with E-state index in [1.165, 1.54) is 23.6 Å². The Balaban J connectivity index is 1.86. The molecule has 0 saturated heterocycles. The molecule has 9 heteroatoms. The average Bonchev–Trinajstić information content (AvgIpc) is 3.18. The maximum absolute atomic E-state index is 13.8. The van der Waals surface area contributed by atoms with E-state index in [4.69, 9.17) is 10.5 Å². The molecule has 1 aromatic carbocycles. The smallest absolute Gasteiger partial charge is 0.419 e. The Bertz CT molecular complexity index is 1000. The van der Waals surface area contributed by atoms with Crippen LogP contribution in [0.15, 0.2) is 48.1 Å². The minimum atomic E-state index is -4.57. The summed E-state index contributed by atoms with van der Waals surface area (Å²) in [6.07, 6.45) is -0.741. The first-order valence-corrected chi connectivity index (χ1v) is 10.7. The quantitative estimate of drug-likeness (QED) is 0.433. The van der Waals surface area contributed by atoms with Gasteiger partial charge in [0.15, 0.2) is 5.13 Å². The van der Waals surface area contributed by atoms with Crippen LogP contribution in [0.1, 0.15) is 32.8 Å². The summed E-state index contributed by atoms with van der Waals surface area (Å²) in [6, 6.07) is 7.37. The SMILES string of the molecule is CC(C)CC(C)(N)COc1ccc(-c2ccnc(Nc3nccs3)c2)cc1C(F)(F)F. The number of anilines is 2. The lowest BCUT2D eigenvalue weighted by Gasteiger charge is -2.27. The van der Waals surface area contributed by atoms with Crippen LogP contribution in [0.2, 0.25) is 0 Å². The highest BCUT2D eigenvalue weighted by Gasteiger charge is 2.35. The van der Waals surface area contributed by atoms with E-state index in [1.54, 1.807) is 31.3 Å². The van der Waals surface area contributed by atoms with Gasteiger partial charge in [-0.3, -0.25) is 0 Å². The molecule has 31 heavy (non-hydrogen) atoms. The second-order valence-corrected chi connectivity index (χ2v) is 9.04. The number of benzene rings is 1. The number of alkyl halides is 3. The number of nitrogens with one attached hydrogen (secondary N) is 1. The van der Waals surface area contributed by atoms with Gasteiger partial charge in [0.2, 0.25) is 0 Å². The Kier molecular flexibility index (Phi) is 6.86. The number of hydrogen-bond donors (Lipinski definition) is 2. The van der Waals surface area contributed by atoms with Crippen molar-refractivity contribution in [1.82, 2.24) is 9.97 Å². The van der Waals surface area contributed by atoms with E-state index < -0.39 is 17.3 Å². The number of ether oxygens (including phenoxy) is 1. The predicted octanol–water partition coefficient (Wildman–Crippen LogP) is 6.11. The lowest BCUT2D eigenvalue weighted by Crippen LogP contribution is -2.43. The molecule has 0 aliphatic carbocycles. The van der Waals surface area contributed by atoms with Gasteiger partial charge in [-0.25, -0.2) is 9.97 Å². The predicted molar refractivity (Wildman–Crippen MR) is 118 cm³/mol. The van der Waals surface area contributed by atoms with Gasteiger partial charge >= 0.3 is 6.18 Å². The Morgan fingerprint density at radius 2 is 1.84 bits per heavy atom. The Labute approximate surface area is 183 Å². The molecular formula is C22H25F3N4OS. The molecule has 2 heterocycles. The minimum Gasteiger partial charge on any atom is -0.491 e. The van der Waals surface area contributed by atoms with Crippen molar-refractivity contribution in [3.63, 3.8) is 0 Å². The lowest BCUT2D eigenvalue weighted by atomic mass is 9.93. The van der Waals surface area contributed by atoms with Gasteiger partial charge in [-0.15, -0.1) is 11.3 Å². The van der Waals surface area contributed by atoms with Crippen LogP contribution in [0, 0.1) is 5.92 Å². The summed E-state index contributed by atoms with van der Waals surface area (Å²) in [7, 11) is 0. The van der Waals surface area contributed by atoms with Crippen LogP contribution in [0.25, 0.3) is 11.1 Å². The van der Waals surface area contributed by atoms with Crippen LogP contribution in [-0.2, 0) is 6.18 Å². The topological polar surface area (TPSA) is 73.1 Å². The fraction of sp³-hybridized carbons (Fsp3) is 0.364. The summed E-state index contributed by atoms with van der Waals surface area (Å²) >= 11 is 1.40. The molecule has 0 spiro atoms. The van der Waals surface area contributed by atoms with Gasteiger partial charge < -0.3 is 15.8 Å². The monoisotopic (exact) mass is 450 g/mol. The van der Waals surface area contributed by atoms with Crippen LogP contribution in [0.5, 0.6) is 5.75 Å². The summed E-state index contributed by atoms with van der Waals surface area (Å²) in [5.41, 5.74) is 5.63. The van der Waals surface area contributed by atoms with Crippen molar-refractivity contribution in [3.8, 4) is 16.9 Å². The lowest BCUT2D eigenvalue weighted by molar-refractivity contribution is -0.139. The first-order valence-electron chi connectivity index (χ1n) is 9.79. The fourth-order valence-corrected chi connectivity index (χ4v) is 3.90. The van der Waals surface area contributed by atoms with Gasteiger partial charge in [-0.2, -0.15) is 13.2 Å². The number of rotatable bonds is 8. The first kappa shape index (κ1) is 23.0. The van der Waals surface area contributed by atoms with Crippen molar-refractivity contribution in [2.75, 3.05) is 11.9 Å². The van der Waals surface area contributed by atoms with E-state index in [0.29, 0.717) is 34.4 Å². The van der Waals surface area contributed by atoms with Crippen molar-refractivity contribution in [2.24, 2.45) is 11.7 Å². The van der Waals surface area contributed by atoms with Crippen molar-refractivity contribution >= 4 is 22.3 Å². The summed E-state index contributed by atoms with van der Waals surface area (Å²) in [4.78, 5) is 8.33. The van der Waals surface area contributed by atoms with E-state index >= 15 is 0 Å². The highest BCUT2D eigenvalue weighted by atomic mass is 32.1. The molecule has 0 bridgehead atoms. The zero-order valence-electron chi connectivity index (χ0n) is 17.5. The van der Waals surface area contributed by atoms with Crippen LogP contribution >= 0.6 is 11.3 Å². The molecule has 3 N–H and O–H groups in total. The standard InChI is InChI=1S/C22H25F3N4OS/c1-14(2)12-21(3,26)13-30-18-5-4-15(10-17(18)22(23,24)25)16-6-7-27-19(11-16)29-20-28-8-9-31-20/h4-11,14H,12-13,26H2,1-3H3,(H,27,28,29). The summed E-state index contributed by atoms with van der Waals surface area (Å²) in [5, 5.41) is 5.50. The molecule has 1 atom stereocenters. The summed E-state index contributed by atoms with van der Waals surface area (Å²) in [5.74, 6) is 0.572. The number of thiazole rings is 1. The molecule has 1 unspecified atom stereocenters. The van der Waals surface area contributed by atoms with Gasteiger partial charge in [0, 0.05) is 23.3 Å². The molecule has 3 aromatic rings. The van der Waals surface area contributed by atoms with Crippen LogP contribution in [-0.4, -0.2) is 22.1 Å². The molecule has 2 aromatic heterocycles. The van der Waals surface area contributed by atoms with E-state index in [2.05, 4.69) is 15.3 Å². The molecule has 0 aliphatic rings. The van der Waals surface area contributed by atoms with Gasteiger partial charge in [0.25, 0.3) is 0 Å². The third-order valence-corrected chi connectivity index (χ3v) is 5.17. The molecule has 0 amide bonds. The largest absolute Gasteiger partial charge is 0.491 e. The molecule has 3 rings (SSSR count). The molecule has 166 valence electrons. The zero-order chi connectivity index (χ0) is 22.6. The fourth-order valence-electron chi connectivity index (χ4n) is 3.36. The zero-order valence-corrected chi connectivity index (χ0v) is 18.3. The molecule has 5 nitrogen and oxygen atoms in total. The highest BCUT2D eigenvalue weighted by molar-refractivity contribution is 7.13. The van der Waals surface area contributed by atoms with Crippen molar-refractivity contribution in [1.29, 1.82) is 0 Å². The van der Waals surface area contributed by atoms with E-state index in [-0.39, 0.29) is 12.4 Å². The number of nitrogens with two attached hydrogens (primary N) is 1. The average molecular weight is 451 g/mol. The van der Waals surface area contributed by atoms with E-state index in [1.807, 2.05) is 19.2 Å². The van der Waals surface area contributed by atoms with Crippen molar-refractivity contribution in [2.45, 2.75) is 38.9 Å². The van der Waals surface area contributed by atoms with Crippen LogP contribution in [0.3, 0.4) is 0 Å². The first-order chi connectivity index (χ1) is 14.5. The van der Waals surface area contributed by atoms with Gasteiger partial charge in [-0.1, -0.05) is 19.9 Å². The third kappa shape index (κ3) is 6.41. The minimum absolute atomic E-state index is 0.00918. The van der Waals surface area contributed by atoms with Gasteiger partial charge in [-0.05, 0) is 54.7 Å². The maximum atomic E-state index is 13.8. The van der Waals surface area contributed by atoms with E-state index in [0.717, 1.165) is 6.07 Å². The van der Waals surface area contributed by atoms with E-state index in [9.17, 15) is 13.2 Å². The third-order valence-electron chi connectivity index (χ3n) is 4.48. The van der Waals surface area contributed by atoms with Gasteiger partial charge in [0.1, 0.15) is 18.2 Å². The number of pyridine rings is 1. The van der Waals surface area contributed by atoms with Crippen molar-refractivity contribution in [3.05, 3.63) is 53.7 Å². The summed E-state index contributed by atoms with van der Waals surface area (Å²) < 4.78 is 46.8. The number of halogens is 3. The molecule has 0 saturated carbocycles. The number of nitrogens with zero attached hydrogens (tertiary/aromatic N) is 2. The molecule has 0 radical (unpaired) electrons. The normalized spacial score (nSPS) is 13.8. The van der Waals surface area contributed by atoms with Crippen LogP contribution in [0.4, 0.5) is 24.1 Å². The summed E-state index contributed by atoms with van der Waals surface area (Å²) in [6.45, 7) is 5.79. The molecule has 0 aliphatic heterocycles. The van der Waals surface area contributed by atoms with Crippen LogP contribution < -0.4 is 15.8 Å². The molecule has 0 fully saturated rings. The van der Waals surface area contributed by atoms with Gasteiger partial charge in [0.05, 0.1) is 5.56 Å². The molecular weight excluding hydrogens is 425 g/mol. The van der Waals surface area contributed by atoms with Crippen molar-refractivity contribution < 1.29 is 17.9 Å².